The van der Waals surface area contributed by atoms with Crippen LogP contribution < -0.4 is 4.74 Å². The third-order valence-corrected chi connectivity index (χ3v) is 2.24. The van der Waals surface area contributed by atoms with Crippen LogP contribution in [-0.4, -0.2) is 7.11 Å². The molecule has 0 bridgehead atoms. The van der Waals surface area contributed by atoms with Crippen LogP contribution in [0.3, 0.4) is 0 Å². The van der Waals surface area contributed by atoms with Crippen LogP contribution in [0.5, 0.6) is 5.75 Å². The first-order valence-corrected chi connectivity index (χ1v) is 3.98. The summed E-state index contributed by atoms with van der Waals surface area (Å²) in [7, 11) is 1.71. The SMILES string of the molecule is COc1[c]ccc2c1CCC2. The molecule has 1 aliphatic carbocycles. The lowest BCUT2D eigenvalue weighted by Gasteiger charge is -2.04. The molecule has 0 aliphatic heterocycles. The molecule has 0 amide bonds. The number of methoxy groups -OCH3 is 1. The Morgan fingerprint density at radius 3 is 3.18 bits per heavy atom. The van der Waals surface area contributed by atoms with Crippen molar-refractivity contribution in [2.24, 2.45) is 0 Å². The predicted octanol–water partition coefficient (Wildman–Crippen LogP) is 1.98. The lowest BCUT2D eigenvalue weighted by molar-refractivity contribution is 0.409. The predicted molar refractivity (Wildman–Crippen MR) is 43.9 cm³/mol. The fourth-order valence-electron chi connectivity index (χ4n) is 1.70. The number of aryl methyl sites for hydroxylation is 1. The summed E-state index contributed by atoms with van der Waals surface area (Å²) >= 11 is 0. The molecule has 0 aromatic heterocycles. The summed E-state index contributed by atoms with van der Waals surface area (Å²) in [6, 6.07) is 7.19. The monoisotopic (exact) mass is 147 g/mol. The Labute approximate surface area is 67.0 Å². The highest BCUT2D eigenvalue weighted by Crippen LogP contribution is 2.29. The minimum absolute atomic E-state index is 0.944. The largest absolute Gasteiger partial charge is 0.496 e. The molecule has 0 atom stereocenters. The second kappa shape index (κ2) is 2.57. The number of rotatable bonds is 1. The van der Waals surface area contributed by atoms with Crippen LogP contribution in [-0.2, 0) is 12.8 Å². The second-order valence-electron chi connectivity index (χ2n) is 2.87. The van der Waals surface area contributed by atoms with Crippen molar-refractivity contribution in [1.82, 2.24) is 0 Å². The van der Waals surface area contributed by atoms with Gasteiger partial charge in [0.25, 0.3) is 0 Å². The molecule has 1 heteroatoms. The molecule has 0 saturated heterocycles. The summed E-state index contributed by atoms with van der Waals surface area (Å²) in [5.74, 6) is 0.944. The number of ether oxygens (including phenoxy) is 1. The van der Waals surface area contributed by atoms with E-state index in [4.69, 9.17) is 4.74 Å². The van der Waals surface area contributed by atoms with E-state index in [0.29, 0.717) is 0 Å². The number of hydrogen-bond donors (Lipinski definition) is 0. The Kier molecular flexibility index (Phi) is 1.57. The van der Waals surface area contributed by atoms with E-state index in [-0.39, 0.29) is 0 Å². The molecule has 57 valence electrons. The third kappa shape index (κ3) is 1.01. The molecule has 0 heterocycles. The Hall–Kier alpha value is -0.980. The molecule has 0 unspecified atom stereocenters. The Bertz CT molecular complexity index is 266. The number of benzene rings is 1. The topological polar surface area (TPSA) is 9.23 Å². The lowest BCUT2D eigenvalue weighted by atomic mass is 10.1. The quantitative estimate of drug-likeness (QED) is 0.590. The molecule has 2 rings (SSSR count). The third-order valence-electron chi connectivity index (χ3n) is 2.24. The summed E-state index contributed by atoms with van der Waals surface area (Å²) < 4.78 is 5.20. The summed E-state index contributed by atoms with van der Waals surface area (Å²) in [4.78, 5) is 0. The Balaban J connectivity index is 2.50. The van der Waals surface area contributed by atoms with Gasteiger partial charge >= 0.3 is 0 Å². The van der Waals surface area contributed by atoms with E-state index in [2.05, 4.69) is 12.1 Å². The molecule has 0 spiro atoms. The zero-order chi connectivity index (χ0) is 7.68. The van der Waals surface area contributed by atoms with Gasteiger partial charge in [0, 0.05) is 6.07 Å². The van der Waals surface area contributed by atoms with Gasteiger partial charge < -0.3 is 4.74 Å². The van der Waals surface area contributed by atoms with Crippen LogP contribution in [0.25, 0.3) is 0 Å². The van der Waals surface area contributed by atoms with Gasteiger partial charge in [-0.1, -0.05) is 12.1 Å². The van der Waals surface area contributed by atoms with Crippen molar-refractivity contribution < 1.29 is 4.74 Å². The molecule has 0 N–H and O–H groups in total. The van der Waals surface area contributed by atoms with Gasteiger partial charge in [0.05, 0.1) is 7.11 Å². The summed E-state index contributed by atoms with van der Waals surface area (Å²) in [6.45, 7) is 0. The molecule has 1 aliphatic rings. The van der Waals surface area contributed by atoms with Crippen molar-refractivity contribution in [1.29, 1.82) is 0 Å². The Morgan fingerprint density at radius 1 is 1.45 bits per heavy atom. The van der Waals surface area contributed by atoms with Crippen molar-refractivity contribution in [2.75, 3.05) is 7.11 Å². The zero-order valence-corrected chi connectivity index (χ0v) is 6.68. The van der Waals surface area contributed by atoms with Gasteiger partial charge in [-0.15, -0.1) is 0 Å². The molecule has 11 heavy (non-hydrogen) atoms. The van der Waals surface area contributed by atoms with E-state index in [1.54, 1.807) is 7.11 Å². The molecular formula is C10H11O. The lowest BCUT2D eigenvalue weighted by Crippen LogP contribution is -1.89. The van der Waals surface area contributed by atoms with Gasteiger partial charge in [-0.2, -0.15) is 0 Å². The van der Waals surface area contributed by atoms with Gasteiger partial charge in [-0.25, -0.2) is 0 Å². The number of fused-ring (bicyclic) bond motifs is 1. The van der Waals surface area contributed by atoms with Crippen molar-refractivity contribution in [3.63, 3.8) is 0 Å². The highest BCUT2D eigenvalue weighted by atomic mass is 16.5. The summed E-state index contributed by atoms with van der Waals surface area (Å²) in [5.41, 5.74) is 2.82. The normalized spacial score (nSPS) is 14.6. The molecule has 1 radical (unpaired) electrons. The Morgan fingerprint density at radius 2 is 2.36 bits per heavy atom. The van der Waals surface area contributed by atoms with Crippen LogP contribution in [0.15, 0.2) is 12.1 Å². The molecule has 1 nitrogen and oxygen atoms in total. The van der Waals surface area contributed by atoms with E-state index in [1.165, 1.54) is 24.0 Å². The zero-order valence-electron chi connectivity index (χ0n) is 6.68. The first-order valence-electron chi connectivity index (χ1n) is 3.98. The molecular weight excluding hydrogens is 136 g/mol. The minimum Gasteiger partial charge on any atom is -0.496 e. The highest BCUT2D eigenvalue weighted by molar-refractivity contribution is 5.42. The summed E-state index contributed by atoms with van der Waals surface area (Å²) in [5, 5.41) is 0. The van der Waals surface area contributed by atoms with E-state index in [0.717, 1.165) is 12.2 Å². The van der Waals surface area contributed by atoms with Crippen LogP contribution in [0, 0.1) is 6.07 Å². The van der Waals surface area contributed by atoms with Crippen molar-refractivity contribution in [2.45, 2.75) is 19.3 Å². The molecule has 0 saturated carbocycles. The first-order chi connectivity index (χ1) is 5.42. The van der Waals surface area contributed by atoms with Gasteiger partial charge in [0.1, 0.15) is 5.75 Å². The maximum absolute atomic E-state index is 5.20. The van der Waals surface area contributed by atoms with Crippen molar-refractivity contribution >= 4 is 0 Å². The summed E-state index contributed by atoms with van der Waals surface area (Å²) in [6.07, 6.45) is 3.64. The maximum atomic E-state index is 5.20. The smallest absolute Gasteiger partial charge is 0.130 e. The van der Waals surface area contributed by atoms with Gasteiger partial charge in [-0.05, 0) is 30.4 Å². The average Bonchev–Trinajstić information content (AvgIpc) is 2.50. The van der Waals surface area contributed by atoms with E-state index < -0.39 is 0 Å². The van der Waals surface area contributed by atoms with E-state index >= 15 is 0 Å². The fourth-order valence-corrected chi connectivity index (χ4v) is 1.70. The van der Waals surface area contributed by atoms with Crippen molar-refractivity contribution in [3.05, 3.63) is 29.3 Å². The van der Waals surface area contributed by atoms with Crippen molar-refractivity contribution in [3.8, 4) is 5.75 Å². The van der Waals surface area contributed by atoms with Crippen LogP contribution in [0.4, 0.5) is 0 Å². The number of hydrogen-bond acceptors (Lipinski definition) is 1. The van der Waals surface area contributed by atoms with Crippen LogP contribution in [0.2, 0.25) is 0 Å². The van der Waals surface area contributed by atoms with E-state index in [9.17, 15) is 0 Å². The van der Waals surface area contributed by atoms with Gasteiger partial charge in [0.15, 0.2) is 0 Å². The highest BCUT2D eigenvalue weighted by Gasteiger charge is 2.14. The van der Waals surface area contributed by atoms with Gasteiger partial charge in [0.2, 0.25) is 0 Å². The second-order valence-corrected chi connectivity index (χ2v) is 2.87. The molecule has 1 aromatic carbocycles. The van der Waals surface area contributed by atoms with Crippen LogP contribution >= 0.6 is 0 Å². The molecule has 0 fully saturated rings. The first kappa shape index (κ1) is 6.71. The van der Waals surface area contributed by atoms with Gasteiger partial charge in [-0.3, -0.25) is 0 Å². The standard InChI is InChI=1S/C10H11O/c1-11-10-7-3-5-8-4-2-6-9(8)10/h3,5H,2,4,6H2,1H3. The van der Waals surface area contributed by atoms with Crippen LogP contribution in [0.1, 0.15) is 17.5 Å². The fraction of sp³-hybridized carbons (Fsp3) is 0.400. The maximum Gasteiger partial charge on any atom is 0.130 e. The average molecular weight is 147 g/mol. The van der Waals surface area contributed by atoms with E-state index in [1.807, 2.05) is 6.07 Å². The molecule has 1 aromatic rings. The minimum atomic E-state index is 0.944.